The van der Waals surface area contributed by atoms with Crippen LogP contribution in [0.1, 0.15) is 35.2 Å². The third kappa shape index (κ3) is 4.89. The topological polar surface area (TPSA) is 70.2 Å². The Morgan fingerprint density at radius 3 is 2.58 bits per heavy atom. The van der Waals surface area contributed by atoms with Gasteiger partial charge in [-0.25, -0.2) is 4.39 Å². The summed E-state index contributed by atoms with van der Waals surface area (Å²) in [5.41, 5.74) is 1.54. The fourth-order valence-corrected chi connectivity index (χ4v) is 2.99. The molecule has 0 bridgehead atoms. The molecule has 5 nitrogen and oxygen atoms in total. The summed E-state index contributed by atoms with van der Waals surface area (Å²) in [4.78, 5) is 24.2. The smallest absolute Gasteiger partial charge is 0.251 e. The third-order valence-electron chi connectivity index (χ3n) is 4.42. The van der Waals surface area contributed by atoms with Crippen LogP contribution < -0.4 is 16.0 Å². The number of carbonyl (C=O) groups is 2. The molecular weight excluding hydrogens is 333 g/mol. The molecule has 1 aliphatic rings. The molecule has 1 unspecified atom stereocenters. The van der Waals surface area contributed by atoms with Crippen molar-refractivity contribution in [3.63, 3.8) is 0 Å². The number of hydrogen-bond donors (Lipinski definition) is 3. The summed E-state index contributed by atoms with van der Waals surface area (Å²) in [5.74, 6) is -0.676. The first kappa shape index (κ1) is 18.1. The lowest BCUT2D eigenvalue weighted by Crippen LogP contribution is -2.27. The minimum Gasteiger partial charge on any atom is -0.348 e. The fourth-order valence-electron chi connectivity index (χ4n) is 2.99. The Hall–Kier alpha value is -2.73. The Morgan fingerprint density at radius 2 is 1.88 bits per heavy atom. The highest BCUT2D eigenvalue weighted by atomic mass is 19.1. The second kappa shape index (κ2) is 8.58. The first-order chi connectivity index (χ1) is 12.6. The van der Waals surface area contributed by atoms with Gasteiger partial charge in [0.25, 0.3) is 5.91 Å². The highest BCUT2D eigenvalue weighted by Crippen LogP contribution is 2.13. The van der Waals surface area contributed by atoms with Crippen LogP contribution in [0, 0.1) is 5.82 Å². The van der Waals surface area contributed by atoms with Gasteiger partial charge in [-0.3, -0.25) is 9.59 Å². The lowest BCUT2D eigenvalue weighted by Gasteiger charge is -2.11. The molecule has 1 aliphatic heterocycles. The van der Waals surface area contributed by atoms with Gasteiger partial charge in [-0.15, -0.1) is 0 Å². The molecule has 1 heterocycles. The average molecular weight is 355 g/mol. The molecule has 2 amide bonds. The lowest BCUT2D eigenvalue weighted by molar-refractivity contribution is -0.116. The van der Waals surface area contributed by atoms with Crippen LogP contribution in [0.3, 0.4) is 0 Å². The zero-order chi connectivity index (χ0) is 18.4. The van der Waals surface area contributed by atoms with E-state index in [1.807, 2.05) is 0 Å². The summed E-state index contributed by atoms with van der Waals surface area (Å²) in [6.45, 7) is 1.09. The van der Waals surface area contributed by atoms with Gasteiger partial charge < -0.3 is 16.0 Å². The Bertz CT molecular complexity index is 771. The minimum atomic E-state index is -0.345. The van der Waals surface area contributed by atoms with Crippen LogP contribution in [0.5, 0.6) is 0 Å². The molecule has 2 aromatic carbocycles. The molecule has 0 aliphatic carbocycles. The maximum atomic E-state index is 13.6. The van der Waals surface area contributed by atoms with E-state index < -0.39 is 0 Å². The van der Waals surface area contributed by atoms with Gasteiger partial charge >= 0.3 is 0 Å². The number of nitrogens with one attached hydrogen (secondary N) is 3. The monoisotopic (exact) mass is 355 g/mol. The van der Waals surface area contributed by atoms with Gasteiger partial charge in [0.15, 0.2) is 0 Å². The Balaban J connectivity index is 1.50. The van der Waals surface area contributed by atoms with E-state index in [1.54, 1.807) is 42.5 Å². The van der Waals surface area contributed by atoms with Crippen molar-refractivity contribution in [2.75, 3.05) is 11.9 Å². The van der Waals surface area contributed by atoms with Crippen LogP contribution in [0.2, 0.25) is 0 Å². The summed E-state index contributed by atoms with van der Waals surface area (Å²) in [6.07, 6.45) is 2.58. The molecule has 26 heavy (non-hydrogen) atoms. The SMILES string of the molecule is O=C(CC1CCCN1)Nc1ccc(C(=O)NCc2ccccc2F)cc1. The zero-order valence-corrected chi connectivity index (χ0v) is 14.4. The fraction of sp³-hybridized carbons (Fsp3) is 0.300. The van der Waals surface area contributed by atoms with Crippen molar-refractivity contribution in [3.8, 4) is 0 Å². The van der Waals surface area contributed by atoms with Crippen LogP contribution >= 0.6 is 0 Å². The van der Waals surface area contributed by atoms with E-state index in [0.29, 0.717) is 23.2 Å². The second-order valence-corrected chi connectivity index (χ2v) is 6.40. The number of anilines is 1. The third-order valence-corrected chi connectivity index (χ3v) is 4.42. The quantitative estimate of drug-likeness (QED) is 0.746. The first-order valence-corrected chi connectivity index (χ1v) is 8.77. The maximum absolute atomic E-state index is 13.6. The van der Waals surface area contributed by atoms with E-state index >= 15 is 0 Å². The molecule has 1 fully saturated rings. The molecule has 0 spiro atoms. The summed E-state index contributed by atoms with van der Waals surface area (Å²) in [6, 6.07) is 13.2. The van der Waals surface area contributed by atoms with Gasteiger partial charge in [-0.2, -0.15) is 0 Å². The van der Waals surface area contributed by atoms with Gasteiger partial charge in [0.2, 0.25) is 5.91 Å². The highest BCUT2D eigenvalue weighted by Gasteiger charge is 2.17. The molecule has 6 heteroatoms. The molecule has 0 aromatic heterocycles. The molecule has 0 radical (unpaired) electrons. The number of hydrogen-bond acceptors (Lipinski definition) is 3. The molecular formula is C20H22FN3O2. The molecule has 2 aromatic rings. The minimum absolute atomic E-state index is 0.0406. The molecule has 3 N–H and O–H groups in total. The van der Waals surface area contributed by atoms with Crippen molar-refractivity contribution in [2.24, 2.45) is 0 Å². The van der Waals surface area contributed by atoms with E-state index in [4.69, 9.17) is 0 Å². The van der Waals surface area contributed by atoms with Crippen LogP contribution in [0.25, 0.3) is 0 Å². The molecule has 0 saturated carbocycles. The number of benzene rings is 2. The summed E-state index contributed by atoms with van der Waals surface area (Å²) >= 11 is 0. The number of carbonyl (C=O) groups excluding carboxylic acids is 2. The van der Waals surface area contributed by atoms with Crippen molar-refractivity contribution in [1.82, 2.24) is 10.6 Å². The van der Waals surface area contributed by atoms with Crippen LogP contribution in [0.4, 0.5) is 10.1 Å². The van der Waals surface area contributed by atoms with Crippen molar-refractivity contribution in [3.05, 3.63) is 65.5 Å². The van der Waals surface area contributed by atoms with E-state index in [9.17, 15) is 14.0 Å². The van der Waals surface area contributed by atoms with Crippen molar-refractivity contribution in [1.29, 1.82) is 0 Å². The van der Waals surface area contributed by atoms with E-state index in [2.05, 4.69) is 16.0 Å². The first-order valence-electron chi connectivity index (χ1n) is 8.77. The Morgan fingerprint density at radius 1 is 1.12 bits per heavy atom. The second-order valence-electron chi connectivity index (χ2n) is 6.40. The molecule has 1 saturated heterocycles. The summed E-state index contributed by atoms with van der Waals surface area (Å²) in [5, 5.41) is 8.82. The average Bonchev–Trinajstić information content (AvgIpc) is 3.14. The zero-order valence-electron chi connectivity index (χ0n) is 14.4. The predicted molar refractivity (Wildman–Crippen MR) is 98.3 cm³/mol. The Kier molecular flexibility index (Phi) is 5.96. The molecule has 3 rings (SSSR count). The normalized spacial score (nSPS) is 16.3. The van der Waals surface area contributed by atoms with Crippen LogP contribution in [0.15, 0.2) is 48.5 Å². The maximum Gasteiger partial charge on any atom is 0.251 e. The van der Waals surface area contributed by atoms with Gasteiger partial charge in [-0.05, 0) is 49.7 Å². The van der Waals surface area contributed by atoms with Crippen molar-refractivity contribution >= 4 is 17.5 Å². The van der Waals surface area contributed by atoms with Gasteiger partial charge in [-0.1, -0.05) is 18.2 Å². The number of rotatable bonds is 6. The van der Waals surface area contributed by atoms with Crippen LogP contribution in [-0.4, -0.2) is 24.4 Å². The Labute approximate surface area is 152 Å². The predicted octanol–water partition coefficient (Wildman–Crippen LogP) is 2.84. The van der Waals surface area contributed by atoms with Crippen molar-refractivity contribution < 1.29 is 14.0 Å². The summed E-state index contributed by atoms with van der Waals surface area (Å²) < 4.78 is 13.6. The number of halogens is 1. The van der Waals surface area contributed by atoms with Gasteiger partial charge in [0, 0.05) is 35.8 Å². The molecule has 136 valence electrons. The molecule has 1 atom stereocenters. The van der Waals surface area contributed by atoms with Crippen LogP contribution in [-0.2, 0) is 11.3 Å². The lowest BCUT2D eigenvalue weighted by atomic mass is 10.1. The summed E-state index contributed by atoms with van der Waals surface area (Å²) in [7, 11) is 0. The van der Waals surface area contributed by atoms with Gasteiger partial charge in [0.05, 0.1) is 0 Å². The van der Waals surface area contributed by atoms with E-state index in [0.717, 1.165) is 19.4 Å². The van der Waals surface area contributed by atoms with Gasteiger partial charge in [0.1, 0.15) is 5.82 Å². The largest absolute Gasteiger partial charge is 0.348 e. The van der Waals surface area contributed by atoms with E-state index in [-0.39, 0.29) is 30.2 Å². The van der Waals surface area contributed by atoms with E-state index in [1.165, 1.54) is 6.07 Å². The highest BCUT2D eigenvalue weighted by molar-refractivity contribution is 5.95. The number of amides is 2. The van der Waals surface area contributed by atoms with Crippen molar-refractivity contribution in [2.45, 2.75) is 31.8 Å². The standard InChI is InChI=1S/C20H22FN3O2/c21-18-6-2-1-4-15(18)13-23-20(26)14-7-9-16(10-8-14)24-19(25)12-17-5-3-11-22-17/h1-2,4,6-10,17,22H,3,5,11-13H2,(H,23,26)(H,24,25).